The zero-order chi connectivity index (χ0) is 18.7. The highest BCUT2D eigenvalue weighted by Gasteiger charge is 2.17. The number of carboxylic acids is 1. The number of aromatic carboxylic acids is 1. The highest BCUT2D eigenvalue weighted by atomic mass is 35.5. The number of hydrogen-bond donors (Lipinski definition) is 1. The summed E-state index contributed by atoms with van der Waals surface area (Å²) in [5.74, 6) is -1.10. The van der Waals surface area contributed by atoms with E-state index in [0.717, 1.165) is 0 Å². The third-order valence-electron chi connectivity index (χ3n) is 3.92. The first-order valence-electron chi connectivity index (χ1n) is 8.09. The van der Waals surface area contributed by atoms with Crippen molar-refractivity contribution < 1.29 is 14.6 Å². The minimum atomic E-state index is -1.10. The van der Waals surface area contributed by atoms with Gasteiger partial charge in [-0.15, -0.1) is 0 Å². The van der Waals surface area contributed by atoms with Gasteiger partial charge in [-0.3, -0.25) is 13.8 Å². The second-order valence-corrected chi connectivity index (χ2v) is 6.01. The number of aryl methyl sites for hydroxylation is 2. The maximum atomic E-state index is 12.8. The maximum absolute atomic E-state index is 12.8. The van der Waals surface area contributed by atoms with Crippen LogP contribution in [0, 0.1) is 0 Å². The predicted molar refractivity (Wildman–Crippen MR) is 94.7 cm³/mol. The van der Waals surface area contributed by atoms with Gasteiger partial charge in [-0.05, 0) is 13.0 Å². The lowest BCUT2D eigenvalue weighted by atomic mass is 10.2. The molecule has 0 radical (unpaired) electrons. The van der Waals surface area contributed by atoms with Crippen molar-refractivity contribution >= 4 is 28.7 Å². The Bertz CT molecular complexity index is 990. The number of pyridine rings is 1. The molecule has 9 nitrogen and oxygen atoms in total. The summed E-state index contributed by atoms with van der Waals surface area (Å²) in [6.07, 6.45) is 4.42. The van der Waals surface area contributed by atoms with Gasteiger partial charge in [-0.25, -0.2) is 14.6 Å². The molecule has 0 fully saturated rings. The van der Waals surface area contributed by atoms with Gasteiger partial charge in [-0.1, -0.05) is 11.6 Å². The van der Waals surface area contributed by atoms with Gasteiger partial charge in [0.25, 0.3) is 0 Å². The zero-order valence-electron chi connectivity index (χ0n) is 14.1. The molecule has 0 aliphatic rings. The standard InChI is InChI=1S/C16H18ClN5O4/c1-2-26-6-5-22-14-13(7-11(8-18-14)15(23)24)21(16(22)25)4-3-20-10-12(17)9-19-20/h7-10H,2-6H2,1H3,(H,23,24). The van der Waals surface area contributed by atoms with Crippen LogP contribution in [0.3, 0.4) is 0 Å². The molecule has 0 bridgehead atoms. The number of halogens is 1. The summed E-state index contributed by atoms with van der Waals surface area (Å²) in [7, 11) is 0. The second-order valence-electron chi connectivity index (χ2n) is 5.58. The van der Waals surface area contributed by atoms with Crippen molar-refractivity contribution in [1.82, 2.24) is 23.9 Å². The first kappa shape index (κ1) is 18.2. The first-order valence-corrected chi connectivity index (χ1v) is 8.47. The molecular formula is C16H18ClN5O4. The minimum Gasteiger partial charge on any atom is -0.478 e. The summed E-state index contributed by atoms with van der Waals surface area (Å²) in [5, 5.41) is 13.8. The molecule has 0 unspecified atom stereocenters. The topological polar surface area (TPSA) is 104 Å². The Kier molecular flexibility index (Phi) is 5.38. The van der Waals surface area contributed by atoms with E-state index in [4.69, 9.17) is 16.3 Å². The van der Waals surface area contributed by atoms with E-state index in [1.165, 1.54) is 27.6 Å². The SMILES string of the molecule is CCOCCn1c(=O)n(CCn2cc(Cl)cn2)c2cc(C(=O)O)cnc21. The zero-order valence-corrected chi connectivity index (χ0v) is 14.9. The lowest BCUT2D eigenvalue weighted by Crippen LogP contribution is -2.27. The molecule has 0 atom stereocenters. The molecule has 0 aliphatic carbocycles. The van der Waals surface area contributed by atoms with Crippen LogP contribution in [0.5, 0.6) is 0 Å². The molecule has 3 aromatic rings. The summed E-state index contributed by atoms with van der Waals surface area (Å²) in [6.45, 7) is 3.84. The van der Waals surface area contributed by atoms with Gasteiger partial charge in [0.15, 0.2) is 5.65 Å². The first-order chi connectivity index (χ1) is 12.5. The van der Waals surface area contributed by atoms with Gasteiger partial charge in [0.2, 0.25) is 0 Å². The van der Waals surface area contributed by atoms with Crippen molar-refractivity contribution in [2.45, 2.75) is 26.6 Å². The highest BCUT2D eigenvalue weighted by Crippen LogP contribution is 2.14. The van der Waals surface area contributed by atoms with E-state index in [1.54, 1.807) is 10.9 Å². The third-order valence-corrected chi connectivity index (χ3v) is 4.12. The molecule has 0 saturated heterocycles. The van der Waals surface area contributed by atoms with Crippen LogP contribution in [0.1, 0.15) is 17.3 Å². The van der Waals surface area contributed by atoms with Crippen molar-refractivity contribution in [1.29, 1.82) is 0 Å². The summed E-state index contributed by atoms with van der Waals surface area (Å²) in [6, 6.07) is 1.46. The Balaban J connectivity index is 2.00. The number of rotatable bonds is 8. The molecule has 1 N–H and O–H groups in total. The van der Waals surface area contributed by atoms with Gasteiger partial charge in [0, 0.05) is 25.5 Å². The van der Waals surface area contributed by atoms with Crippen LogP contribution in [-0.2, 0) is 24.4 Å². The lowest BCUT2D eigenvalue weighted by molar-refractivity contribution is 0.0696. The van der Waals surface area contributed by atoms with E-state index in [-0.39, 0.29) is 11.3 Å². The molecular weight excluding hydrogens is 362 g/mol. The summed E-state index contributed by atoms with van der Waals surface area (Å²) < 4.78 is 9.93. The van der Waals surface area contributed by atoms with Crippen LogP contribution >= 0.6 is 11.6 Å². The van der Waals surface area contributed by atoms with Gasteiger partial charge < -0.3 is 9.84 Å². The number of carboxylic acid groups (broad SMARTS) is 1. The Morgan fingerprint density at radius 3 is 2.73 bits per heavy atom. The van der Waals surface area contributed by atoms with Crippen molar-refractivity contribution in [3.63, 3.8) is 0 Å². The average Bonchev–Trinajstić information content (AvgIpc) is 3.14. The minimum absolute atomic E-state index is 0.0235. The van der Waals surface area contributed by atoms with Crippen LogP contribution in [0.2, 0.25) is 5.02 Å². The summed E-state index contributed by atoms with van der Waals surface area (Å²) in [4.78, 5) is 28.3. The molecule has 0 saturated carbocycles. The molecule has 26 heavy (non-hydrogen) atoms. The monoisotopic (exact) mass is 379 g/mol. The predicted octanol–water partition coefficient (Wildman–Crippen LogP) is 1.48. The number of nitrogens with zero attached hydrogens (tertiary/aromatic N) is 5. The molecule has 138 valence electrons. The molecule has 10 heteroatoms. The van der Waals surface area contributed by atoms with E-state index in [2.05, 4.69) is 10.1 Å². The Morgan fingerprint density at radius 2 is 2.08 bits per heavy atom. The number of ether oxygens (including phenoxy) is 1. The van der Waals surface area contributed by atoms with Gasteiger partial charge in [-0.2, -0.15) is 5.10 Å². The van der Waals surface area contributed by atoms with Crippen LogP contribution in [0.15, 0.2) is 29.5 Å². The van der Waals surface area contributed by atoms with Crippen LogP contribution < -0.4 is 5.69 Å². The van der Waals surface area contributed by atoms with Crippen LogP contribution in [0.4, 0.5) is 0 Å². The fourth-order valence-corrected chi connectivity index (χ4v) is 2.85. The summed E-state index contributed by atoms with van der Waals surface area (Å²) in [5.41, 5.74) is 0.645. The summed E-state index contributed by atoms with van der Waals surface area (Å²) >= 11 is 5.85. The van der Waals surface area contributed by atoms with Crippen molar-refractivity contribution in [2.24, 2.45) is 0 Å². The Morgan fingerprint density at radius 1 is 1.27 bits per heavy atom. The molecule has 0 amide bonds. The number of aromatic nitrogens is 5. The van der Waals surface area contributed by atoms with Gasteiger partial charge in [0.1, 0.15) is 0 Å². The Labute approximate surface area is 153 Å². The van der Waals surface area contributed by atoms with Crippen molar-refractivity contribution in [3.8, 4) is 0 Å². The van der Waals surface area contributed by atoms with E-state index >= 15 is 0 Å². The van der Waals surface area contributed by atoms with Crippen LogP contribution in [0.25, 0.3) is 11.2 Å². The van der Waals surface area contributed by atoms with Gasteiger partial charge in [0.05, 0.1) is 42.0 Å². The number of imidazole rings is 1. The molecule has 3 rings (SSSR count). The van der Waals surface area contributed by atoms with Crippen molar-refractivity contribution in [3.05, 3.63) is 45.7 Å². The molecule has 3 aromatic heterocycles. The highest BCUT2D eigenvalue weighted by molar-refractivity contribution is 6.30. The van der Waals surface area contributed by atoms with E-state index in [9.17, 15) is 14.7 Å². The van der Waals surface area contributed by atoms with E-state index in [0.29, 0.717) is 49.0 Å². The third kappa shape index (κ3) is 3.63. The number of hydrogen-bond acceptors (Lipinski definition) is 5. The lowest BCUT2D eigenvalue weighted by Gasteiger charge is -2.04. The van der Waals surface area contributed by atoms with E-state index < -0.39 is 5.97 Å². The van der Waals surface area contributed by atoms with Gasteiger partial charge >= 0.3 is 11.7 Å². The number of carbonyl (C=O) groups is 1. The maximum Gasteiger partial charge on any atom is 0.337 e. The smallest absolute Gasteiger partial charge is 0.337 e. The molecule has 0 spiro atoms. The molecule has 0 aliphatic heterocycles. The largest absolute Gasteiger partial charge is 0.478 e. The van der Waals surface area contributed by atoms with Crippen molar-refractivity contribution in [2.75, 3.05) is 13.2 Å². The quantitative estimate of drug-likeness (QED) is 0.594. The molecule has 3 heterocycles. The fraction of sp³-hybridized carbons (Fsp3) is 0.375. The Hall–Kier alpha value is -2.65. The van der Waals surface area contributed by atoms with E-state index in [1.807, 2.05) is 6.92 Å². The second kappa shape index (κ2) is 7.71. The fourth-order valence-electron chi connectivity index (χ4n) is 2.69. The average molecular weight is 380 g/mol. The van der Waals surface area contributed by atoms with Crippen LogP contribution in [-0.4, -0.2) is 48.2 Å². The molecule has 0 aromatic carbocycles. The normalized spacial score (nSPS) is 11.3. The number of fused-ring (bicyclic) bond motifs is 1.